The summed E-state index contributed by atoms with van der Waals surface area (Å²) in [6, 6.07) is 3.20. The fourth-order valence-electron chi connectivity index (χ4n) is 1.52. The summed E-state index contributed by atoms with van der Waals surface area (Å²) in [6.07, 6.45) is -0.883. The van der Waals surface area contributed by atoms with Gasteiger partial charge in [0.1, 0.15) is 0 Å². The minimum Gasteiger partial charge on any atom is -0.438 e. The third-order valence-electron chi connectivity index (χ3n) is 2.30. The summed E-state index contributed by atoms with van der Waals surface area (Å²) in [5.41, 5.74) is 0. The largest absolute Gasteiger partial charge is 0.438 e. The summed E-state index contributed by atoms with van der Waals surface area (Å²) in [4.78, 5) is 12.0. The molecule has 2 heterocycles. The predicted octanol–water partition coefficient (Wildman–Crippen LogP) is -0.366. The van der Waals surface area contributed by atoms with Gasteiger partial charge in [-0.25, -0.2) is 0 Å². The molecule has 0 saturated carbocycles. The van der Waals surface area contributed by atoms with Gasteiger partial charge < -0.3 is 19.5 Å². The van der Waals surface area contributed by atoms with Crippen molar-refractivity contribution in [2.24, 2.45) is 0 Å². The molecule has 0 unspecified atom stereocenters. The second kappa shape index (κ2) is 3.43. The average Bonchev–Trinajstić information content (AvgIpc) is 2.74. The predicted molar refractivity (Wildman–Crippen MR) is 48.3 cm³/mol. The van der Waals surface area contributed by atoms with Crippen LogP contribution in [0.15, 0.2) is 16.5 Å². The summed E-state index contributed by atoms with van der Waals surface area (Å²) in [7, 11) is 0. The lowest BCUT2D eigenvalue weighted by Gasteiger charge is -2.12. The van der Waals surface area contributed by atoms with E-state index >= 15 is 0 Å². The molecule has 2 rings (SSSR count). The first-order valence-corrected chi connectivity index (χ1v) is 4.37. The number of aliphatic hydroxyl groups excluding tert-OH is 2. The van der Waals surface area contributed by atoms with E-state index in [2.05, 4.69) is 0 Å². The van der Waals surface area contributed by atoms with Crippen molar-refractivity contribution in [3.63, 3.8) is 0 Å². The van der Waals surface area contributed by atoms with Crippen LogP contribution in [0.2, 0.25) is 0 Å². The number of rotatable bonds is 2. The van der Waals surface area contributed by atoms with Crippen LogP contribution in [-0.2, 0) is 0 Å². The molecule has 1 aromatic heterocycles. The number of hydrogen-bond donors (Lipinski definition) is 2. The highest BCUT2D eigenvalue weighted by molar-refractivity contribution is 5.71. The highest BCUT2D eigenvalue weighted by Crippen LogP contribution is 2.22. The van der Waals surface area contributed by atoms with Crippen LogP contribution in [0.1, 0.15) is 10.6 Å². The van der Waals surface area contributed by atoms with Crippen LogP contribution in [0.5, 0.6) is 0 Å². The van der Waals surface area contributed by atoms with Crippen LogP contribution in [-0.4, -0.2) is 41.8 Å². The van der Waals surface area contributed by atoms with Gasteiger partial charge in [0.25, 0.3) is 0 Å². The van der Waals surface area contributed by atoms with Crippen LogP contribution in [0.25, 0.3) is 0 Å². The summed E-state index contributed by atoms with van der Waals surface area (Å²) in [5, 5.41) is 18.6. The Hall–Kier alpha value is -1.33. The topological polar surface area (TPSA) is 73.9 Å². The number of β-amino-alcohol motifs (C(OH)–C–C–N with tert-alkyl or cyclic N) is 2. The van der Waals surface area contributed by atoms with E-state index in [-0.39, 0.29) is 5.76 Å². The Morgan fingerprint density at radius 1 is 1.36 bits per heavy atom. The fraction of sp³-hybridized carbons (Fsp3) is 0.444. The molecule has 0 radical (unpaired) electrons. The van der Waals surface area contributed by atoms with Crippen molar-refractivity contribution in [3.05, 3.63) is 17.9 Å². The number of aldehydes is 1. The molecule has 1 fully saturated rings. The first-order chi connectivity index (χ1) is 6.70. The molecule has 0 bridgehead atoms. The van der Waals surface area contributed by atoms with Crippen molar-refractivity contribution in [1.82, 2.24) is 0 Å². The van der Waals surface area contributed by atoms with E-state index in [1.54, 1.807) is 17.0 Å². The maximum absolute atomic E-state index is 10.4. The van der Waals surface area contributed by atoms with Crippen molar-refractivity contribution >= 4 is 12.2 Å². The molecule has 0 spiro atoms. The molecular formula is C9H11NO4. The summed E-state index contributed by atoms with van der Waals surface area (Å²) in [5.74, 6) is 0.749. The quantitative estimate of drug-likeness (QED) is 0.633. The minimum atomic E-state index is -0.750. The molecule has 1 aliphatic rings. The molecule has 0 aliphatic carbocycles. The van der Waals surface area contributed by atoms with E-state index in [4.69, 9.17) is 4.42 Å². The summed E-state index contributed by atoms with van der Waals surface area (Å²) in [6.45, 7) is 0.653. The van der Waals surface area contributed by atoms with E-state index in [1.807, 2.05) is 0 Å². The third kappa shape index (κ3) is 1.51. The van der Waals surface area contributed by atoms with Crippen molar-refractivity contribution in [3.8, 4) is 0 Å². The van der Waals surface area contributed by atoms with E-state index < -0.39 is 12.2 Å². The SMILES string of the molecule is O=Cc1ccc(N2C[C@@H](O)[C@@H](O)C2)o1. The molecule has 1 aromatic rings. The first-order valence-electron chi connectivity index (χ1n) is 4.37. The van der Waals surface area contributed by atoms with Crippen molar-refractivity contribution in [1.29, 1.82) is 0 Å². The Kier molecular flexibility index (Phi) is 2.26. The minimum absolute atomic E-state index is 0.246. The molecule has 5 nitrogen and oxygen atoms in total. The standard InChI is InChI=1S/C9H11NO4/c11-5-6-1-2-9(14-6)10-3-7(12)8(13)4-10/h1-2,5,7-8,12-13H,3-4H2/t7-,8+. The van der Waals surface area contributed by atoms with Crippen LogP contribution in [0.3, 0.4) is 0 Å². The van der Waals surface area contributed by atoms with Crippen LogP contribution in [0.4, 0.5) is 5.88 Å². The Labute approximate surface area is 80.6 Å². The lowest BCUT2D eigenvalue weighted by atomic mass is 10.3. The van der Waals surface area contributed by atoms with Crippen LogP contribution in [0, 0.1) is 0 Å². The Morgan fingerprint density at radius 2 is 2.00 bits per heavy atom. The molecule has 1 saturated heterocycles. The van der Waals surface area contributed by atoms with E-state index in [0.29, 0.717) is 25.3 Å². The second-order valence-corrected chi connectivity index (χ2v) is 3.33. The smallest absolute Gasteiger partial charge is 0.196 e. The molecule has 0 aromatic carbocycles. The zero-order chi connectivity index (χ0) is 10.1. The normalized spacial score (nSPS) is 26.9. The lowest BCUT2D eigenvalue weighted by molar-refractivity contribution is 0.0572. The highest BCUT2D eigenvalue weighted by atomic mass is 16.4. The molecule has 76 valence electrons. The molecule has 2 N–H and O–H groups in total. The van der Waals surface area contributed by atoms with Crippen LogP contribution >= 0.6 is 0 Å². The Bertz CT molecular complexity index is 325. The third-order valence-corrected chi connectivity index (χ3v) is 2.30. The van der Waals surface area contributed by atoms with Gasteiger partial charge in [-0.15, -0.1) is 0 Å². The van der Waals surface area contributed by atoms with Gasteiger partial charge in [0, 0.05) is 19.2 Å². The van der Waals surface area contributed by atoms with Crippen molar-refractivity contribution in [2.45, 2.75) is 12.2 Å². The zero-order valence-electron chi connectivity index (χ0n) is 7.46. The molecule has 5 heteroatoms. The molecular weight excluding hydrogens is 186 g/mol. The number of carbonyl (C=O) groups is 1. The van der Waals surface area contributed by atoms with Gasteiger partial charge in [0.15, 0.2) is 17.9 Å². The molecule has 0 amide bonds. The van der Waals surface area contributed by atoms with E-state index in [9.17, 15) is 15.0 Å². The molecule has 2 atom stereocenters. The number of anilines is 1. The van der Waals surface area contributed by atoms with Crippen molar-refractivity contribution < 1.29 is 19.4 Å². The van der Waals surface area contributed by atoms with Crippen LogP contribution < -0.4 is 4.90 Å². The first kappa shape index (κ1) is 9.23. The van der Waals surface area contributed by atoms with Gasteiger partial charge in [-0.1, -0.05) is 0 Å². The van der Waals surface area contributed by atoms with Gasteiger partial charge in [-0.3, -0.25) is 4.79 Å². The molecule has 1 aliphatic heterocycles. The average molecular weight is 197 g/mol. The van der Waals surface area contributed by atoms with E-state index in [1.165, 1.54) is 0 Å². The summed E-state index contributed by atoms with van der Waals surface area (Å²) >= 11 is 0. The fourth-order valence-corrected chi connectivity index (χ4v) is 1.52. The molecule has 14 heavy (non-hydrogen) atoms. The zero-order valence-corrected chi connectivity index (χ0v) is 7.46. The van der Waals surface area contributed by atoms with Gasteiger partial charge in [0.05, 0.1) is 12.2 Å². The highest BCUT2D eigenvalue weighted by Gasteiger charge is 2.30. The van der Waals surface area contributed by atoms with E-state index in [0.717, 1.165) is 0 Å². The van der Waals surface area contributed by atoms with Gasteiger partial charge in [-0.05, 0) is 6.07 Å². The number of furan rings is 1. The van der Waals surface area contributed by atoms with Crippen molar-refractivity contribution in [2.75, 3.05) is 18.0 Å². The maximum Gasteiger partial charge on any atom is 0.196 e. The monoisotopic (exact) mass is 197 g/mol. The lowest BCUT2D eigenvalue weighted by Crippen LogP contribution is -2.22. The maximum atomic E-state index is 10.4. The number of aliphatic hydroxyl groups is 2. The van der Waals surface area contributed by atoms with Gasteiger partial charge in [0.2, 0.25) is 0 Å². The number of hydrogen-bond acceptors (Lipinski definition) is 5. The number of carbonyl (C=O) groups excluding carboxylic acids is 1. The van der Waals surface area contributed by atoms with Gasteiger partial charge >= 0.3 is 0 Å². The summed E-state index contributed by atoms with van der Waals surface area (Å²) < 4.78 is 5.15. The Morgan fingerprint density at radius 3 is 2.50 bits per heavy atom. The second-order valence-electron chi connectivity index (χ2n) is 3.33. The number of nitrogens with zero attached hydrogens (tertiary/aromatic N) is 1. The van der Waals surface area contributed by atoms with Gasteiger partial charge in [-0.2, -0.15) is 0 Å². The Balaban J connectivity index is 2.12.